The van der Waals surface area contributed by atoms with E-state index in [9.17, 15) is 13.2 Å². The Morgan fingerprint density at radius 2 is 2.19 bits per heavy atom. The average molecular weight is 315 g/mol. The normalized spacial score (nSPS) is 15.7. The van der Waals surface area contributed by atoms with Crippen LogP contribution in [0.1, 0.15) is 55.2 Å². The molecule has 0 amide bonds. The molecule has 0 atom stereocenters. The van der Waals surface area contributed by atoms with Gasteiger partial charge < -0.3 is 4.74 Å². The second-order valence-corrected chi connectivity index (χ2v) is 6.89. The third-order valence-electron chi connectivity index (χ3n) is 3.75. The van der Waals surface area contributed by atoms with E-state index < -0.39 is 16.0 Å². The molecule has 0 aliphatic heterocycles. The highest BCUT2D eigenvalue weighted by Crippen LogP contribution is 2.29. The van der Waals surface area contributed by atoms with Crippen LogP contribution in [0.25, 0.3) is 0 Å². The number of hydrogen-bond donors (Lipinski definition) is 2. The molecular weight excluding hydrogens is 294 g/mol. The van der Waals surface area contributed by atoms with Gasteiger partial charge in [-0.3, -0.25) is 5.10 Å². The van der Waals surface area contributed by atoms with Crippen molar-refractivity contribution in [3.8, 4) is 0 Å². The Labute approximate surface area is 124 Å². The molecule has 0 saturated heterocycles. The second-order valence-electron chi connectivity index (χ2n) is 5.40. The van der Waals surface area contributed by atoms with Crippen molar-refractivity contribution in [1.82, 2.24) is 10.2 Å². The van der Waals surface area contributed by atoms with Gasteiger partial charge in [0.2, 0.25) is 10.0 Å². The molecule has 21 heavy (non-hydrogen) atoms. The monoisotopic (exact) mass is 315 g/mol. The number of rotatable bonds is 7. The summed E-state index contributed by atoms with van der Waals surface area (Å²) in [7, 11) is -4.02. The molecule has 1 saturated carbocycles. The standard InChI is InChI=1S/C13H21N3O4S/c1-2-4-10-12(21(14,18)19)11(16-15-10)13(17)20-8-7-9-5-3-6-9/h9H,2-8H2,1H3,(H,15,16)(H2,14,18,19). The maximum atomic E-state index is 12.0. The van der Waals surface area contributed by atoms with Gasteiger partial charge in [0.1, 0.15) is 4.90 Å². The number of esters is 1. The number of H-pyrrole nitrogens is 1. The van der Waals surface area contributed by atoms with Crippen LogP contribution >= 0.6 is 0 Å². The summed E-state index contributed by atoms with van der Waals surface area (Å²) in [6, 6.07) is 0. The molecule has 0 aromatic carbocycles. The minimum absolute atomic E-state index is 0.238. The number of nitrogens with two attached hydrogens (primary N) is 1. The first-order valence-electron chi connectivity index (χ1n) is 7.20. The summed E-state index contributed by atoms with van der Waals surface area (Å²) in [5.74, 6) is -0.123. The highest BCUT2D eigenvalue weighted by atomic mass is 32.2. The van der Waals surface area contributed by atoms with Crippen molar-refractivity contribution in [2.24, 2.45) is 11.1 Å². The van der Waals surface area contributed by atoms with E-state index in [1.54, 1.807) is 0 Å². The first-order valence-corrected chi connectivity index (χ1v) is 8.75. The SMILES string of the molecule is CCCc1[nH]nc(C(=O)OCCC2CCC2)c1S(N)(=O)=O. The van der Waals surface area contributed by atoms with Gasteiger partial charge in [-0.25, -0.2) is 18.4 Å². The van der Waals surface area contributed by atoms with Crippen LogP contribution in [0.4, 0.5) is 0 Å². The molecule has 1 heterocycles. The molecular formula is C13H21N3O4S. The van der Waals surface area contributed by atoms with Crippen molar-refractivity contribution in [3.05, 3.63) is 11.4 Å². The molecule has 0 radical (unpaired) electrons. The third kappa shape index (κ3) is 3.82. The lowest BCUT2D eigenvalue weighted by Gasteiger charge is -2.24. The Morgan fingerprint density at radius 3 is 2.71 bits per heavy atom. The van der Waals surface area contributed by atoms with Crippen molar-refractivity contribution in [3.63, 3.8) is 0 Å². The van der Waals surface area contributed by atoms with Gasteiger partial charge in [0.25, 0.3) is 0 Å². The van der Waals surface area contributed by atoms with E-state index >= 15 is 0 Å². The minimum atomic E-state index is -4.02. The summed E-state index contributed by atoms with van der Waals surface area (Å²) in [6.45, 7) is 2.17. The molecule has 1 aromatic heterocycles. The van der Waals surface area contributed by atoms with Crippen molar-refractivity contribution in [2.75, 3.05) is 6.61 Å². The lowest BCUT2D eigenvalue weighted by molar-refractivity contribution is 0.0453. The van der Waals surface area contributed by atoms with Gasteiger partial charge in [-0.15, -0.1) is 0 Å². The number of sulfonamides is 1. The average Bonchev–Trinajstić information content (AvgIpc) is 2.76. The number of aromatic amines is 1. The number of carbonyl (C=O) groups excluding carboxylic acids is 1. The molecule has 0 bridgehead atoms. The van der Waals surface area contributed by atoms with Crippen LogP contribution in [0.5, 0.6) is 0 Å². The molecule has 1 aliphatic carbocycles. The number of primary sulfonamides is 1. The minimum Gasteiger partial charge on any atom is -0.461 e. The number of carbonyl (C=O) groups is 1. The van der Waals surface area contributed by atoms with Crippen molar-refractivity contribution < 1.29 is 17.9 Å². The highest BCUT2D eigenvalue weighted by Gasteiger charge is 2.28. The molecule has 0 unspecified atom stereocenters. The zero-order valence-electron chi connectivity index (χ0n) is 12.1. The number of nitrogens with zero attached hydrogens (tertiary/aromatic N) is 1. The summed E-state index contributed by atoms with van der Waals surface area (Å²) in [5.41, 5.74) is 0.112. The van der Waals surface area contributed by atoms with E-state index in [1.165, 1.54) is 19.3 Å². The van der Waals surface area contributed by atoms with Crippen LogP contribution in [0.3, 0.4) is 0 Å². The number of hydrogen-bond acceptors (Lipinski definition) is 5. The lowest BCUT2D eigenvalue weighted by atomic mass is 9.83. The van der Waals surface area contributed by atoms with Gasteiger partial charge in [-0.2, -0.15) is 5.10 Å². The zero-order valence-corrected chi connectivity index (χ0v) is 12.9. The maximum Gasteiger partial charge on any atom is 0.360 e. The largest absolute Gasteiger partial charge is 0.461 e. The highest BCUT2D eigenvalue weighted by molar-refractivity contribution is 7.89. The Bertz CT molecular complexity index is 605. The predicted molar refractivity (Wildman–Crippen MR) is 76.2 cm³/mol. The molecule has 1 fully saturated rings. The number of ether oxygens (including phenoxy) is 1. The predicted octanol–water partition coefficient (Wildman–Crippen LogP) is 1.36. The Hall–Kier alpha value is -1.41. The van der Waals surface area contributed by atoms with Crippen LogP contribution in [0.2, 0.25) is 0 Å². The molecule has 3 N–H and O–H groups in total. The molecule has 1 aromatic rings. The van der Waals surface area contributed by atoms with Gasteiger partial charge in [0.15, 0.2) is 5.69 Å². The maximum absolute atomic E-state index is 12.0. The van der Waals surface area contributed by atoms with Crippen LogP contribution in [-0.4, -0.2) is 31.2 Å². The number of aryl methyl sites for hydroxylation is 1. The van der Waals surface area contributed by atoms with E-state index in [-0.39, 0.29) is 17.2 Å². The first kappa shape index (κ1) is 16.0. The van der Waals surface area contributed by atoms with E-state index in [4.69, 9.17) is 9.88 Å². The molecule has 7 nitrogen and oxygen atoms in total. The Balaban J connectivity index is 2.08. The van der Waals surface area contributed by atoms with Crippen LogP contribution in [-0.2, 0) is 21.2 Å². The third-order valence-corrected chi connectivity index (χ3v) is 4.76. The summed E-state index contributed by atoms with van der Waals surface area (Å²) in [6.07, 6.45) is 5.54. The zero-order chi connectivity index (χ0) is 15.5. The molecule has 1 aliphatic rings. The van der Waals surface area contributed by atoms with Crippen molar-refractivity contribution >= 4 is 16.0 Å². The fourth-order valence-electron chi connectivity index (χ4n) is 2.40. The summed E-state index contributed by atoms with van der Waals surface area (Å²) >= 11 is 0. The van der Waals surface area contributed by atoms with Crippen molar-refractivity contribution in [1.29, 1.82) is 0 Å². The van der Waals surface area contributed by atoms with Crippen LogP contribution in [0.15, 0.2) is 4.90 Å². The number of nitrogens with one attached hydrogen (secondary N) is 1. The Kier molecular flexibility index (Phi) is 5.00. The summed E-state index contributed by atoms with van der Waals surface area (Å²) in [4.78, 5) is 11.8. The number of aromatic nitrogens is 2. The Morgan fingerprint density at radius 1 is 1.48 bits per heavy atom. The smallest absolute Gasteiger partial charge is 0.360 e. The van der Waals surface area contributed by atoms with Crippen LogP contribution in [0, 0.1) is 5.92 Å². The van der Waals surface area contributed by atoms with E-state index in [1.807, 2.05) is 6.92 Å². The van der Waals surface area contributed by atoms with E-state index in [0.29, 0.717) is 24.5 Å². The molecule has 8 heteroatoms. The lowest BCUT2D eigenvalue weighted by Crippen LogP contribution is -2.20. The van der Waals surface area contributed by atoms with E-state index in [0.717, 1.165) is 6.42 Å². The quantitative estimate of drug-likeness (QED) is 0.737. The van der Waals surface area contributed by atoms with Gasteiger partial charge >= 0.3 is 5.97 Å². The second kappa shape index (κ2) is 6.57. The first-order chi connectivity index (χ1) is 9.93. The van der Waals surface area contributed by atoms with Gasteiger partial charge in [0.05, 0.1) is 12.3 Å². The topological polar surface area (TPSA) is 115 Å². The van der Waals surface area contributed by atoms with Gasteiger partial charge in [-0.1, -0.05) is 32.6 Å². The fourth-order valence-corrected chi connectivity index (χ4v) is 3.29. The van der Waals surface area contributed by atoms with Gasteiger partial charge in [0, 0.05) is 0 Å². The van der Waals surface area contributed by atoms with Gasteiger partial charge in [-0.05, 0) is 18.8 Å². The van der Waals surface area contributed by atoms with E-state index in [2.05, 4.69) is 10.2 Å². The van der Waals surface area contributed by atoms with Crippen LogP contribution < -0.4 is 5.14 Å². The fraction of sp³-hybridized carbons (Fsp3) is 0.692. The van der Waals surface area contributed by atoms with Crippen molar-refractivity contribution in [2.45, 2.75) is 50.3 Å². The molecule has 2 rings (SSSR count). The molecule has 0 spiro atoms. The summed E-state index contributed by atoms with van der Waals surface area (Å²) < 4.78 is 28.4. The summed E-state index contributed by atoms with van der Waals surface area (Å²) in [5, 5.41) is 11.5. The molecule has 118 valence electrons.